The zero-order chi connectivity index (χ0) is 21.4. The summed E-state index contributed by atoms with van der Waals surface area (Å²) in [5, 5.41) is 20.4. The summed E-state index contributed by atoms with van der Waals surface area (Å²) in [4.78, 5) is 11.5. The molecule has 8 heteroatoms. The van der Waals surface area contributed by atoms with E-state index in [0.29, 0.717) is 25.7 Å². The van der Waals surface area contributed by atoms with Gasteiger partial charge in [0, 0.05) is 25.2 Å². The average Bonchev–Trinajstić information content (AvgIpc) is 3.12. The Morgan fingerprint density at radius 1 is 1.34 bits per heavy atom. The molecule has 3 N–H and O–H groups in total. The van der Waals surface area contributed by atoms with Gasteiger partial charge in [0.05, 0.1) is 30.7 Å². The van der Waals surface area contributed by atoms with Crippen molar-refractivity contribution in [2.24, 2.45) is 11.8 Å². The van der Waals surface area contributed by atoms with Gasteiger partial charge in [0.1, 0.15) is 0 Å². The number of rotatable bonds is 10. The highest BCUT2D eigenvalue weighted by molar-refractivity contribution is 7.89. The number of nitrogens with one attached hydrogen (secondary N) is 1. The third kappa shape index (κ3) is 8.09. The predicted octanol–water partition coefficient (Wildman–Crippen LogP) is 1.50. The van der Waals surface area contributed by atoms with Crippen molar-refractivity contribution in [1.29, 1.82) is 0 Å². The largest absolute Gasteiger partial charge is 0.392 e. The highest BCUT2D eigenvalue weighted by Crippen LogP contribution is 2.45. The summed E-state index contributed by atoms with van der Waals surface area (Å²) in [7, 11) is -3.50. The van der Waals surface area contributed by atoms with Gasteiger partial charge in [0.2, 0.25) is 15.9 Å². The fourth-order valence-electron chi connectivity index (χ4n) is 4.24. The third-order valence-electron chi connectivity index (χ3n) is 5.57. The summed E-state index contributed by atoms with van der Waals surface area (Å²) < 4.78 is 30.1. The number of carbonyl (C=O) groups is 1. The van der Waals surface area contributed by atoms with Gasteiger partial charge in [-0.2, -0.15) is 0 Å². The molecule has 2 aliphatic rings. The molecule has 0 radical (unpaired) electrons. The van der Waals surface area contributed by atoms with E-state index in [4.69, 9.17) is 4.74 Å². The van der Waals surface area contributed by atoms with Crippen LogP contribution in [0.5, 0.6) is 0 Å². The van der Waals surface area contributed by atoms with Gasteiger partial charge >= 0.3 is 0 Å². The van der Waals surface area contributed by atoms with E-state index in [-0.39, 0.29) is 30.5 Å². The molecule has 1 amide bonds. The molecule has 0 unspecified atom stereocenters. The Morgan fingerprint density at radius 3 is 2.79 bits per heavy atom. The number of amides is 1. The van der Waals surface area contributed by atoms with Gasteiger partial charge in [-0.3, -0.25) is 9.52 Å². The summed E-state index contributed by atoms with van der Waals surface area (Å²) in [6.45, 7) is 1.78. The standard InChI is InChI=1S/C21H33NO6S/c1-3-4-5-8-15(23)11-12-17-18-13-16(28-20(18)14-19(17)24)9-6-7-10-21(25)22-29(2,26)27/h11-12,15-20,23-24H,5-10,13-14H2,1-2H3,(H,22,25)/t15-,16+,17+,18+,19+,20-/m0/s1. The van der Waals surface area contributed by atoms with Gasteiger partial charge in [0.25, 0.3) is 0 Å². The number of ether oxygens (including phenoxy) is 1. The van der Waals surface area contributed by atoms with Crippen molar-refractivity contribution in [2.75, 3.05) is 6.26 Å². The van der Waals surface area contributed by atoms with Gasteiger partial charge < -0.3 is 14.9 Å². The fourth-order valence-corrected chi connectivity index (χ4v) is 4.76. The Bertz CT molecular complexity index is 738. The molecule has 0 aromatic carbocycles. The Balaban J connectivity index is 1.73. The van der Waals surface area contributed by atoms with Crippen LogP contribution < -0.4 is 4.72 Å². The second-order valence-corrected chi connectivity index (χ2v) is 9.79. The van der Waals surface area contributed by atoms with Crippen LogP contribution in [0.4, 0.5) is 0 Å². The highest BCUT2D eigenvalue weighted by atomic mass is 32.2. The number of aliphatic hydroxyl groups excluding tert-OH is 2. The molecule has 2 fully saturated rings. The molecule has 7 nitrogen and oxygen atoms in total. The van der Waals surface area contributed by atoms with E-state index in [1.54, 1.807) is 13.0 Å². The predicted molar refractivity (Wildman–Crippen MR) is 110 cm³/mol. The van der Waals surface area contributed by atoms with Crippen LogP contribution in [0.2, 0.25) is 0 Å². The molecule has 1 heterocycles. The Labute approximate surface area is 174 Å². The molecule has 1 saturated heterocycles. The number of aliphatic hydroxyl groups is 2. The zero-order valence-electron chi connectivity index (χ0n) is 17.2. The number of carbonyl (C=O) groups excluding carboxylic acids is 1. The van der Waals surface area contributed by atoms with Gasteiger partial charge in [-0.05, 0) is 38.5 Å². The highest BCUT2D eigenvalue weighted by Gasteiger charge is 2.47. The molecular formula is C21H33NO6S. The van der Waals surface area contributed by atoms with Crippen LogP contribution in [-0.2, 0) is 19.6 Å². The van der Waals surface area contributed by atoms with Crippen LogP contribution >= 0.6 is 0 Å². The second-order valence-electron chi connectivity index (χ2n) is 8.04. The maximum absolute atomic E-state index is 11.5. The lowest BCUT2D eigenvalue weighted by Gasteiger charge is -2.18. The minimum Gasteiger partial charge on any atom is -0.392 e. The normalized spacial score (nSPS) is 30.0. The van der Waals surface area contributed by atoms with Crippen molar-refractivity contribution in [3.63, 3.8) is 0 Å². The number of sulfonamides is 1. The van der Waals surface area contributed by atoms with E-state index in [1.807, 2.05) is 10.8 Å². The van der Waals surface area contributed by atoms with Crippen molar-refractivity contribution in [2.45, 2.75) is 82.7 Å². The van der Waals surface area contributed by atoms with Gasteiger partial charge in [-0.25, -0.2) is 8.42 Å². The SMILES string of the molecule is CC#CCC[C@H](O)C=C[C@@H]1[C@H]2C[C@@H](CCCCC(=O)NS(C)(=O)=O)O[C@H]2C[C@H]1O. The quantitative estimate of drug-likeness (QED) is 0.277. The van der Waals surface area contributed by atoms with Crippen molar-refractivity contribution in [1.82, 2.24) is 4.72 Å². The fraction of sp³-hybridized carbons (Fsp3) is 0.762. The monoisotopic (exact) mass is 427 g/mol. The molecule has 2 rings (SSSR count). The second kappa shape index (κ2) is 11.1. The summed E-state index contributed by atoms with van der Waals surface area (Å²) in [6.07, 6.45) is 8.83. The summed E-state index contributed by atoms with van der Waals surface area (Å²) in [5.41, 5.74) is 0. The lowest BCUT2D eigenvalue weighted by atomic mass is 9.89. The molecular weight excluding hydrogens is 394 g/mol. The first-order chi connectivity index (χ1) is 13.7. The van der Waals surface area contributed by atoms with Crippen LogP contribution in [0.3, 0.4) is 0 Å². The summed E-state index contributed by atoms with van der Waals surface area (Å²) in [6, 6.07) is 0. The van der Waals surface area contributed by atoms with Crippen LogP contribution in [0.15, 0.2) is 12.2 Å². The maximum atomic E-state index is 11.5. The molecule has 29 heavy (non-hydrogen) atoms. The number of hydrogen-bond donors (Lipinski definition) is 3. The molecule has 1 aliphatic heterocycles. The van der Waals surface area contributed by atoms with Crippen molar-refractivity contribution in [3.8, 4) is 11.8 Å². The van der Waals surface area contributed by atoms with E-state index >= 15 is 0 Å². The van der Waals surface area contributed by atoms with E-state index in [9.17, 15) is 23.4 Å². The zero-order valence-corrected chi connectivity index (χ0v) is 18.0. The summed E-state index contributed by atoms with van der Waals surface area (Å²) >= 11 is 0. The first kappa shape index (κ1) is 23.9. The van der Waals surface area contributed by atoms with E-state index < -0.39 is 28.1 Å². The van der Waals surface area contributed by atoms with Crippen molar-refractivity contribution < 1.29 is 28.2 Å². The Morgan fingerprint density at radius 2 is 2.10 bits per heavy atom. The maximum Gasteiger partial charge on any atom is 0.233 e. The molecule has 0 aromatic heterocycles. The number of fused-ring (bicyclic) bond motifs is 1. The van der Waals surface area contributed by atoms with Gasteiger partial charge in [-0.15, -0.1) is 11.8 Å². The van der Waals surface area contributed by atoms with Crippen LogP contribution in [0, 0.1) is 23.7 Å². The topological polar surface area (TPSA) is 113 Å². The smallest absolute Gasteiger partial charge is 0.233 e. The third-order valence-corrected chi connectivity index (χ3v) is 6.17. The lowest BCUT2D eigenvalue weighted by Crippen LogP contribution is -2.29. The number of unbranched alkanes of at least 4 members (excludes halogenated alkanes) is 1. The molecule has 164 valence electrons. The first-order valence-electron chi connectivity index (χ1n) is 10.3. The summed E-state index contributed by atoms with van der Waals surface area (Å²) in [5.74, 6) is 5.49. The van der Waals surface area contributed by atoms with E-state index in [0.717, 1.165) is 25.5 Å². The average molecular weight is 428 g/mol. The van der Waals surface area contributed by atoms with Crippen molar-refractivity contribution in [3.05, 3.63) is 12.2 Å². The molecule has 6 atom stereocenters. The lowest BCUT2D eigenvalue weighted by molar-refractivity contribution is -0.119. The molecule has 0 aromatic rings. The molecule has 1 aliphatic carbocycles. The van der Waals surface area contributed by atoms with E-state index in [1.165, 1.54) is 0 Å². The van der Waals surface area contributed by atoms with E-state index in [2.05, 4.69) is 11.8 Å². The van der Waals surface area contributed by atoms with Crippen LogP contribution in [-0.4, -0.2) is 55.2 Å². The van der Waals surface area contributed by atoms with Crippen LogP contribution in [0.1, 0.15) is 58.3 Å². The Hall–Kier alpha value is -1.40. The van der Waals surface area contributed by atoms with Gasteiger partial charge in [0.15, 0.2) is 0 Å². The first-order valence-corrected chi connectivity index (χ1v) is 12.2. The van der Waals surface area contributed by atoms with Crippen molar-refractivity contribution >= 4 is 15.9 Å². The molecule has 1 saturated carbocycles. The number of hydrogen-bond acceptors (Lipinski definition) is 6. The minimum absolute atomic E-state index is 0.0163. The Kier molecular flexibility index (Phi) is 9.15. The molecule has 0 bridgehead atoms. The van der Waals surface area contributed by atoms with Gasteiger partial charge in [-0.1, -0.05) is 18.6 Å². The minimum atomic E-state index is -3.50. The van der Waals surface area contributed by atoms with Crippen LogP contribution in [0.25, 0.3) is 0 Å². The molecule has 0 spiro atoms.